The van der Waals surface area contributed by atoms with E-state index >= 15 is 0 Å². The molecule has 0 radical (unpaired) electrons. The summed E-state index contributed by atoms with van der Waals surface area (Å²) in [6, 6.07) is 7.22. The van der Waals surface area contributed by atoms with Gasteiger partial charge in [0.05, 0.1) is 12.0 Å². The van der Waals surface area contributed by atoms with E-state index < -0.39 is 48.0 Å². The van der Waals surface area contributed by atoms with Crippen molar-refractivity contribution in [3.8, 4) is 11.1 Å². The highest BCUT2D eigenvalue weighted by Gasteiger charge is 2.49. The number of benzene rings is 1. The van der Waals surface area contributed by atoms with Gasteiger partial charge >= 0.3 is 11.8 Å². The first-order valence-electron chi connectivity index (χ1n) is 8.09. The molecular formula is C18H16F5N3O3. The van der Waals surface area contributed by atoms with E-state index in [1.807, 2.05) is 0 Å². The van der Waals surface area contributed by atoms with Crippen LogP contribution in [0.2, 0.25) is 0 Å². The summed E-state index contributed by atoms with van der Waals surface area (Å²) in [5.41, 5.74) is 8.97. The summed E-state index contributed by atoms with van der Waals surface area (Å²) in [7, 11) is 0. The SMILES string of the molecule is NC(=O)C(F)(F)c1ccc(-c2ccc([C@H](O)[C@@H](CF)C(F)(F)C(N)=O)cc2)cn1. The molecule has 0 aliphatic rings. The lowest BCUT2D eigenvalue weighted by Crippen LogP contribution is -2.45. The average Bonchev–Trinajstić information content (AvgIpc) is 2.68. The number of aromatic nitrogens is 1. The van der Waals surface area contributed by atoms with E-state index in [1.54, 1.807) is 0 Å². The maximum Gasteiger partial charge on any atom is 0.365 e. The van der Waals surface area contributed by atoms with E-state index in [1.165, 1.54) is 30.3 Å². The van der Waals surface area contributed by atoms with Gasteiger partial charge in [0.2, 0.25) is 0 Å². The molecule has 1 heterocycles. The Bertz CT molecular complexity index is 889. The molecule has 0 bridgehead atoms. The molecule has 5 N–H and O–H groups in total. The number of pyridine rings is 1. The van der Waals surface area contributed by atoms with E-state index in [0.717, 1.165) is 12.3 Å². The number of aliphatic hydroxyl groups excluding tert-OH is 1. The average molecular weight is 417 g/mol. The molecule has 0 saturated heterocycles. The van der Waals surface area contributed by atoms with Gasteiger partial charge in [-0.2, -0.15) is 17.6 Å². The first kappa shape index (κ1) is 22.2. The van der Waals surface area contributed by atoms with Gasteiger partial charge in [0.25, 0.3) is 11.8 Å². The fourth-order valence-corrected chi connectivity index (χ4v) is 2.54. The predicted molar refractivity (Wildman–Crippen MR) is 91.3 cm³/mol. The highest BCUT2D eigenvalue weighted by atomic mass is 19.3. The Morgan fingerprint density at radius 2 is 1.52 bits per heavy atom. The Labute approximate surface area is 161 Å². The van der Waals surface area contributed by atoms with Gasteiger partial charge in [-0.05, 0) is 17.2 Å². The Morgan fingerprint density at radius 3 is 1.93 bits per heavy atom. The Kier molecular flexibility index (Phi) is 6.21. The van der Waals surface area contributed by atoms with E-state index in [4.69, 9.17) is 0 Å². The maximum atomic E-state index is 13.7. The van der Waals surface area contributed by atoms with Crippen LogP contribution in [0.4, 0.5) is 22.0 Å². The molecule has 0 saturated carbocycles. The molecule has 0 unspecified atom stereocenters. The van der Waals surface area contributed by atoms with Crippen LogP contribution < -0.4 is 11.5 Å². The third-order valence-corrected chi connectivity index (χ3v) is 4.32. The van der Waals surface area contributed by atoms with Crippen LogP contribution >= 0.6 is 0 Å². The quantitative estimate of drug-likeness (QED) is 0.570. The predicted octanol–water partition coefficient (Wildman–Crippen LogP) is 2.07. The summed E-state index contributed by atoms with van der Waals surface area (Å²) >= 11 is 0. The number of alkyl halides is 5. The number of rotatable bonds is 8. The van der Waals surface area contributed by atoms with Gasteiger partial charge < -0.3 is 16.6 Å². The number of hydrogen-bond acceptors (Lipinski definition) is 4. The van der Waals surface area contributed by atoms with Gasteiger partial charge in [-0.25, -0.2) is 0 Å². The van der Waals surface area contributed by atoms with Crippen LogP contribution in [0.3, 0.4) is 0 Å². The Hall–Kier alpha value is -3.08. The van der Waals surface area contributed by atoms with Crippen LogP contribution in [0, 0.1) is 5.92 Å². The topological polar surface area (TPSA) is 119 Å². The molecule has 29 heavy (non-hydrogen) atoms. The number of halogens is 5. The number of carbonyl (C=O) groups is 2. The van der Waals surface area contributed by atoms with Crippen molar-refractivity contribution in [2.75, 3.05) is 6.67 Å². The number of aliphatic hydroxyl groups is 1. The summed E-state index contributed by atoms with van der Waals surface area (Å²) in [5, 5.41) is 10.0. The molecule has 0 spiro atoms. The van der Waals surface area contributed by atoms with Crippen molar-refractivity contribution in [2.45, 2.75) is 17.9 Å². The summed E-state index contributed by atoms with van der Waals surface area (Å²) in [4.78, 5) is 25.1. The summed E-state index contributed by atoms with van der Waals surface area (Å²) < 4.78 is 67.5. The Morgan fingerprint density at radius 1 is 0.966 bits per heavy atom. The molecule has 0 aliphatic carbocycles. The van der Waals surface area contributed by atoms with Crippen LogP contribution in [-0.2, 0) is 15.5 Å². The second-order valence-corrected chi connectivity index (χ2v) is 6.19. The van der Waals surface area contributed by atoms with Gasteiger partial charge in [0, 0.05) is 11.8 Å². The molecule has 2 atom stereocenters. The molecule has 6 nitrogen and oxygen atoms in total. The van der Waals surface area contributed by atoms with E-state index in [2.05, 4.69) is 16.5 Å². The fourth-order valence-electron chi connectivity index (χ4n) is 2.54. The molecule has 1 aromatic heterocycles. The minimum absolute atomic E-state index is 0.109. The van der Waals surface area contributed by atoms with Crippen molar-refractivity contribution in [2.24, 2.45) is 17.4 Å². The Balaban J connectivity index is 2.26. The van der Waals surface area contributed by atoms with Gasteiger partial charge in [-0.3, -0.25) is 19.0 Å². The zero-order valence-corrected chi connectivity index (χ0v) is 14.7. The highest BCUT2D eigenvalue weighted by Crippen LogP contribution is 2.36. The molecule has 2 aromatic rings. The van der Waals surface area contributed by atoms with Crippen molar-refractivity contribution in [3.05, 3.63) is 53.9 Å². The summed E-state index contributed by atoms with van der Waals surface area (Å²) in [6.07, 6.45) is -0.977. The fraction of sp³-hybridized carbons (Fsp3) is 0.278. The maximum absolute atomic E-state index is 13.7. The van der Waals surface area contributed by atoms with Crippen LogP contribution in [0.15, 0.2) is 42.6 Å². The molecule has 1 aromatic carbocycles. The minimum Gasteiger partial charge on any atom is -0.388 e. The van der Waals surface area contributed by atoms with Crippen molar-refractivity contribution < 1.29 is 36.6 Å². The lowest BCUT2D eigenvalue weighted by Gasteiger charge is -2.26. The first-order chi connectivity index (χ1) is 13.4. The molecule has 156 valence electrons. The largest absolute Gasteiger partial charge is 0.388 e. The molecule has 0 fully saturated rings. The van der Waals surface area contributed by atoms with E-state index in [0.29, 0.717) is 11.1 Å². The lowest BCUT2D eigenvalue weighted by atomic mass is 9.90. The molecule has 0 aliphatic heterocycles. The van der Waals surface area contributed by atoms with Crippen molar-refractivity contribution in [3.63, 3.8) is 0 Å². The monoisotopic (exact) mass is 417 g/mol. The molecule has 2 amide bonds. The van der Waals surface area contributed by atoms with Crippen LogP contribution in [-0.4, -0.2) is 34.5 Å². The van der Waals surface area contributed by atoms with Gasteiger partial charge in [0.15, 0.2) is 0 Å². The van der Waals surface area contributed by atoms with Gasteiger partial charge in [-0.1, -0.05) is 30.3 Å². The van der Waals surface area contributed by atoms with Crippen molar-refractivity contribution in [1.29, 1.82) is 0 Å². The van der Waals surface area contributed by atoms with E-state index in [9.17, 15) is 36.6 Å². The second kappa shape index (κ2) is 8.11. The smallest absolute Gasteiger partial charge is 0.365 e. The van der Waals surface area contributed by atoms with Crippen molar-refractivity contribution in [1.82, 2.24) is 4.98 Å². The van der Waals surface area contributed by atoms with Crippen LogP contribution in [0.5, 0.6) is 0 Å². The lowest BCUT2D eigenvalue weighted by molar-refractivity contribution is -0.160. The zero-order valence-electron chi connectivity index (χ0n) is 14.7. The number of carbonyl (C=O) groups excluding carboxylic acids is 2. The summed E-state index contributed by atoms with van der Waals surface area (Å²) in [6.45, 7) is -1.70. The second-order valence-electron chi connectivity index (χ2n) is 6.19. The number of amides is 2. The van der Waals surface area contributed by atoms with Crippen LogP contribution in [0.1, 0.15) is 17.4 Å². The third kappa shape index (κ3) is 4.34. The van der Waals surface area contributed by atoms with Crippen molar-refractivity contribution >= 4 is 11.8 Å². The number of nitrogens with zero attached hydrogens (tertiary/aromatic N) is 1. The first-order valence-corrected chi connectivity index (χ1v) is 8.09. The van der Waals surface area contributed by atoms with Gasteiger partial charge in [0.1, 0.15) is 12.4 Å². The number of primary amides is 2. The number of nitrogens with two attached hydrogens (primary N) is 2. The van der Waals surface area contributed by atoms with Gasteiger partial charge in [-0.15, -0.1) is 0 Å². The molecule has 11 heteroatoms. The summed E-state index contributed by atoms with van der Waals surface area (Å²) in [5.74, 6) is -14.5. The normalized spacial score (nSPS) is 14.3. The van der Waals surface area contributed by atoms with E-state index in [-0.39, 0.29) is 5.56 Å². The minimum atomic E-state index is -4.27. The molecular weight excluding hydrogens is 401 g/mol. The number of hydrogen-bond donors (Lipinski definition) is 3. The third-order valence-electron chi connectivity index (χ3n) is 4.32. The molecule has 2 rings (SSSR count). The standard InChI is InChI=1S/C18H16F5N3O3/c19-7-12(17(20,21)15(24)28)14(27)10-3-1-9(2-4-10)11-5-6-13(26-8-11)18(22,23)16(25)29/h1-6,8,12,14,27H,7H2,(H2,24,28)(H2,25,29)/t12-,14+/m1/s1. The zero-order chi connectivity index (χ0) is 22.0. The van der Waals surface area contributed by atoms with Crippen LogP contribution in [0.25, 0.3) is 11.1 Å². The highest BCUT2D eigenvalue weighted by molar-refractivity contribution is 5.83.